The predicted octanol–water partition coefficient (Wildman–Crippen LogP) is 3.02. The quantitative estimate of drug-likeness (QED) is 0.771. The monoisotopic (exact) mass is 210 g/mol. The van der Waals surface area contributed by atoms with Crippen molar-refractivity contribution in [2.45, 2.75) is 25.7 Å². The van der Waals surface area contributed by atoms with E-state index in [9.17, 15) is 0 Å². The summed E-state index contributed by atoms with van der Waals surface area (Å²) >= 11 is 1.83. The molecule has 1 unspecified atom stereocenters. The normalized spacial score (nSPS) is 12.9. The summed E-state index contributed by atoms with van der Waals surface area (Å²) in [7, 11) is 0. The molecule has 0 fully saturated rings. The van der Waals surface area contributed by atoms with Crippen LogP contribution in [0.5, 0.6) is 0 Å². The Kier molecular flexibility index (Phi) is 4.49. The molecule has 2 heteroatoms. The second kappa shape index (κ2) is 5.42. The van der Waals surface area contributed by atoms with Crippen LogP contribution < -0.4 is 0 Å². The van der Waals surface area contributed by atoms with Gasteiger partial charge in [-0.2, -0.15) is 0 Å². The largest absolute Gasteiger partial charge is 0.396 e. The Balaban J connectivity index is 2.59. The molecule has 1 atom stereocenters. The summed E-state index contributed by atoms with van der Waals surface area (Å²) in [5.74, 6) is 1.36. The maximum absolute atomic E-state index is 8.91. The Bertz CT molecular complexity index is 296. The predicted molar refractivity (Wildman–Crippen MR) is 62.9 cm³/mol. The first-order valence-electron chi connectivity index (χ1n) is 4.94. The second-order valence-corrected chi connectivity index (χ2v) is 4.93. The maximum atomic E-state index is 8.91. The van der Waals surface area contributed by atoms with Crippen LogP contribution in [0.1, 0.15) is 18.1 Å². The minimum atomic E-state index is 0.276. The Morgan fingerprint density at radius 1 is 1.36 bits per heavy atom. The number of aryl methyl sites for hydroxylation is 2. The van der Waals surface area contributed by atoms with Gasteiger partial charge in [-0.05, 0) is 31.4 Å². The summed E-state index contributed by atoms with van der Waals surface area (Å²) in [6.07, 6.45) is 0. The smallest absolute Gasteiger partial charge is 0.0464 e. The molecular weight excluding hydrogens is 192 g/mol. The van der Waals surface area contributed by atoms with Crippen LogP contribution >= 0.6 is 11.8 Å². The average molecular weight is 210 g/mol. The van der Waals surface area contributed by atoms with E-state index in [2.05, 4.69) is 39.0 Å². The van der Waals surface area contributed by atoms with E-state index in [0.29, 0.717) is 5.92 Å². The molecule has 0 aromatic heterocycles. The van der Waals surface area contributed by atoms with Gasteiger partial charge in [-0.3, -0.25) is 0 Å². The third-order valence-corrected chi connectivity index (χ3v) is 3.67. The molecule has 0 bridgehead atoms. The molecule has 78 valence electrons. The summed E-state index contributed by atoms with van der Waals surface area (Å²) in [6, 6.07) is 6.50. The number of hydrogen-bond acceptors (Lipinski definition) is 2. The highest BCUT2D eigenvalue weighted by Crippen LogP contribution is 2.24. The fourth-order valence-electron chi connectivity index (χ4n) is 1.25. The van der Waals surface area contributed by atoms with Crippen molar-refractivity contribution in [1.82, 2.24) is 0 Å². The van der Waals surface area contributed by atoms with Crippen LogP contribution in [-0.2, 0) is 0 Å². The summed E-state index contributed by atoms with van der Waals surface area (Å²) in [4.78, 5) is 1.33. The minimum Gasteiger partial charge on any atom is -0.396 e. The van der Waals surface area contributed by atoms with E-state index in [1.165, 1.54) is 16.0 Å². The molecule has 0 saturated heterocycles. The molecule has 1 aromatic rings. The third kappa shape index (κ3) is 3.35. The second-order valence-electron chi connectivity index (χ2n) is 3.87. The number of benzene rings is 1. The van der Waals surface area contributed by atoms with Crippen LogP contribution in [0, 0.1) is 19.8 Å². The van der Waals surface area contributed by atoms with E-state index in [0.717, 1.165) is 5.75 Å². The topological polar surface area (TPSA) is 20.2 Å². The average Bonchev–Trinajstić information content (AvgIpc) is 2.16. The van der Waals surface area contributed by atoms with Crippen molar-refractivity contribution in [3.8, 4) is 0 Å². The van der Waals surface area contributed by atoms with E-state index in [4.69, 9.17) is 5.11 Å². The highest BCUT2D eigenvalue weighted by Gasteiger charge is 2.03. The molecule has 1 aromatic carbocycles. The SMILES string of the molecule is Cc1ccc(SCC(C)CO)c(C)c1. The minimum absolute atomic E-state index is 0.276. The van der Waals surface area contributed by atoms with E-state index in [-0.39, 0.29) is 6.61 Å². The summed E-state index contributed by atoms with van der Waals surface area (Å²) in [5, 5.41) is 8.91. The number of rotatable bonds is 4. The lowest BCUT2D eigenvalue weighted by atomic mass is 10.2. The zero-order valence-electron chi connectivity index (χ0n) is 9.08. The van der Waals surface area contributed by atoms with Crippen molar-refractivity contribution in [3.05, 3.63) is 29.3 Å². The van der Waals surface area contributed by atoms with Gasteiger partial charge in [-0.1, -0.05) is 24.6 Å². The van der Waals surface area contributed by atoms with Crippen LogP contribution in [0.4, 0.5) is 0 Å². The van der Waals surface area contributed by atoms with E-state index in [1.807, 2.05) is 11.8 Å². The third-order valence-electron chi connectivity index (χ3n) is 2.17. The van der Waals surface area contributed by atoms with Crippen LogP contribution in [0.25, 0.3) is 0 Å². The fourth-order valence-corrected chi connectivity index (χ4v) is 2.27. The van der Waals surface area contributed by atoms with Crippen LogP contribution in [-0.4, -0.2) is 17.5 Å². The van der Waals surface area contributed by atoms with Gasteiger partial charge >= 0.3 is 0 Å². The lowest BCUT2D eigenvalue weighted by Gasteiger charge is -2.09. The number of hydrogen-bond donors (Lipinski definition) is 1. The van der Waals surface area contributed by atoms with Gasteiger partial charge in [-0.25, -0.2) is 0 Å². The van der Waals surface area contributed by atoms with Gasteiger partial charge in [0, 0.05) is 17.3 Å². The molecule has 1 nitrogen and oxygen atoms in total. The number of aliphatic hydroxyl groups is 1. The van der Waals surface area contributed by atoms with E-state index >= 15 is 0 Å². The fraction of sp³-hybridized carbons (Fsp3) is 0.500. The first-order chi connectivity index (χ1) is 6.63. The molecule has 0 heterocycles. The molecule has 1 N–H and O–H groups in total. The molecule has 14 heavy (non-hydrogen) atoms. The van der Waals surface area contributed by atoms with Crippen LogP contribution in [0.2, 0.25) is 0 Å². The first kappa shape index (κ1) is 11.6. The van der Waals surface area contributed by atoms with Crippen LogP contribution in [0.3, 0.4) is 0 Å². The zero-order valence-corrected chi connectivity index (χ0v) is 9.90. The van der Waals surface area contributed by atoms with Gasteiger partial charge in [-0.15, -0.1) is 11.8 Å². The Labute approximate surface area is 90.5 Å². The lowest BCUT2D eigenvalue weighted by Crippen LogP contribution is -2.03. The molecule has 0 aliphatic heterocycles. The van der Waals surface area contributed by atoms with Gasteiger partial charge < -0.3 is 5.11 Å². The lowest BCUT2D eigenvalue weighted by molar-refractivity contribution is 0.250. The zero-order chi connectivity index (χ0) is 10.6. The highest BCUT2D eigenvalue weighted by molar-refractivity contribution is 7.99. The molecule has 0 aliphatic rings. The number of aliphatic hydroxyl groups excluding tert-OH is 1. The molecular formula is C12H18OS. The molecule has 1 rings (SSSR count). The van der Waals surface area contributed by atoms with Crippen molar-refractivity contribution >= 4 is 11.8 Å². The molecule has 0 spiro atoms. The highest BCUT2D eigenvalue weighted by atomic mass is 32.2. The molecule has 0 aliphatic carbocycles. The summed E-state index contributed by atoms with van der Waals surface area (Å²) in [5.41, 5.74) is 2.64. The van der Waals surface area contributed by atoms with Crippen molar-refractivity contribution in [3.63, 3.8) is 0 Å². The van der Waals surface area contributed by atoms with Crippen molar-refractivity contribution < 1.29 is 5.11 Å². The van der Waals surface area contributed by atoms with Crippen molar-refractivity contribution in [2.75, 3.05) is 12.4 Å². The van der Waals surface area contributed by atoms with Gasteiger partial charge in [0.2, 0.25) is 0 Å². The molecule has 0 saturated carbocycles. The van der Waals surface area contributed by atoms with Gasteiger partial charge in [0.15, 0.2) is 0 Å². The van der Waals surface area contributed by atoms with Gasteiger partial charge in [0.25, 0.3) is 0 Å². The maximum Gasteiger partial charge on any atom is 0.0464 e. The Morgan fingerprint density at radius 2 is 2.07 bits per heavy atom. The van der Waals surface area contributed by atoms with E-state index in [1.54, 1.807) is 0 Å². The Morgan fingerprint density at radius 3 is 2.64 bits per heavy atom. The Hall–Kier alpha value is -0.470. The number of thioether (sulfide) groups is 1. The summed E-state index contributed by atoms with van der Waals surface area (Å²) < 4.78 is 0. The van der Waals surface area contributed by atoms with Gasteiger partial charge in [0.1, 0.15) is 0 Å². The first-order valence-corrected chi connectivity index (χ1v) is 5.93. The van der Waals surface area contributed by atoms with Crippen LogP contribution in [0.15, 0.2) is 23.1 Å². The summed E-state index contributed by atoms with van der Waals surface area (Å²) in [6.45, 7) is 6.59. The standard InChI is InChI=1S/C12H18OS/c1-9-4-5-12(11(3)6-9)14-8-10(2)7-13/h4-6,10,13H,7-8H2,1-3H3. The molecule has 0 radical (unpaired) electrons. The van der Waals surface area contributed by atoms with Crippen molar-refractivity contribution in [1.29, 1.82) is 0 Å². The van der Waals surface area contributed by atoms with Gasteiger partial charge in [0.05, 0.1) is 0 Å². The van der Waals surface area contributed by atoms with E-state index < -0.39 is 0 Å². The van der Waals surface area contributed by atoms with Crippen molar-refractivity contribution in [2.24, 2.45) is 5.92 Å². The molecule has 0 amide bonds.